The molecule has 2 fully saturated rings. The van der Waals surface area contributed by atoms with Gasteiger partial charge in [-0.2, -0.15) is 0 Å². The van der Waals surface area contributed by atoms with Gasteiger partial charge in [-0.15, -0.1) is 11.8 Å². The number of hydrogen-bond acceptors (Lipinski definition) is 6. The summed E-state index contributed by atoms with van der Waals surface area (Å²) in [6.45, 7) is 7.63. The van der Waals surface area contributed by atoms with E-state index in [1.54, 1.807) is 0 Å². The highest BCUT2D eigenvalue weighted by Crippen LogP contribution is 2.36. The lowest BCUT2D eigenvalue weighted by atomic mass is 10.1. The summed E-state index contributed by atoms with van der Waals surface area (Å²) in [7, 11) is 0. The summed E-state index contributed by atoms with van der Waals surface area (Å²) in [5.41, 5.74) is 6.53. The number of likely N-dealkylation sites (tertiary alicyclic amines) is 2. The van der Waals surface area contributed by atoms with Gasteiger partial charge in [0, 0.05) is 29.9 Å². The van der Waals surface area contributed by atoms with Crippen LogP contribution in [0.25, 0.3) is 0 Å². The maximum Gasteiger partial charge on any atom is 0.231 e. The summed E-state index contributed by atoms with van der Waals surface area (Å²) in [6, 6.07) is 9.47. The molecule has 2 N–H and O–H groups in total. The largest absolute Gasteiger partial charge is 0.494 e. The first-order chi connectivity index (χ1) is 14.6. The average molecular weight is 431 g/mol. The second-order valence-electron chi connectivity index (χ2n) is 8.73. The molecule has 164 valence electrons. The minimum absolute atomic E-state index is 0.244. The highest BCUT2D eigenvalue weighted by molar-refractivity contribution is 8.15. The van der Waals surface area contributed by atoms with Crippen LogP contribution in [0, 0.1) is 0 Å². The Morgan fingerprint density at radius 3 is 2.73 bits per heavy atom. The number of aliphatic imine (C=N–C) groups is 1. The molecule has 7 heteroatoms. The molecule has 3 unspecified atom stereocenters. The molecule has 0 bridgehead atoms. The third kappa shape index (κ3) is 5.56. The van der Waals surface area contributed by atoms with E-state index in [4.69, 9.17) is 15.5 Å². The monoisotopic (exact) mass is 430 g/mol. The van der Waals surface area contributed by atoms with Gasteiger partial charge in [0.05, 0.1) is 24.2 Å². The van der Waals surface area contributed by atoms with Gasteiger partial charge in [0.2, 0.25) is 5.91 Å². The number of carbonyl (C=O) groups excluding carboxylic acids is 1. The number of carbonyl (C=O) groups is 1. The third-order valence-corrected chi connectivity index (χ3v) is 7.89. The molecule has 0 spiro atoms. The van der Waals surface area contributed by atoms with Crippen LogP contribution in [0.1, 0.15) is 44.6 Å². The molecular weight excluding hydrogens is 396 g/mol. The van der Waals surface area contributed by atoms with E-state index < -0.39 is 0 Å². The highest BCUT2D eigenvalue weighted by Gasteiger charge is 2.33. The van der Waals surface area contributed by atoms with Crippen molar-refractivity contribution >= 4 is 22.7 Å². The van der Waals surface area contributed by atoms with E-state index in [1.165, 1.54) is 24.9 Å². The van der Waals surface area contributed by atoms with Crippen LogP contribution < -0.4 is 10.5 Å². The lowest BCUT2D eigenvalue weighted by molar-refractivity contribution is -0.119. The summed E-state index contributed by atoms with van der Waals surface area (Å²) in [5, 5.41) is 1.64. The minimum Gasteiger partial charge on any atom is -0.494 e. The van der Waals surface area contributed by atoms with E-state index in [2.05, 4.69) is 41.0 Å². The van der Waals surface area contributed by atoms with Gasteiger partial charge in [-0.3, -0.25) is 14.7 Å². The van der Waals surface area contributed by atoms with Crippen LogP contribution in [0.5, 0.6) is 5.75 Å². The number of nitrogens with two attached hydrogens (primary N) is 1. The van der Waals surface area contributed by atoms with Crippen LogP contribution in [0.4, 0.5) is 0 Å². The Bertz CT molecular complexity index is 754. The third-order valence-electron chi connectivity index (χ3n) is 6.48. The van der Waals surface area contributed by atoms with Gasteiger partial charge >= 0.3 is 0 Å². The molecule has 3 atom stereocenters. The van der Waals surface area contributed by atoms with E-state index in [9.17, 15) is 4.79 Å². The molecule has 1 amide bonds. The van der Waals surface area contributed by atoms with Crippen molar-refractivity contribution in [3.8, 4) is 5.75 Å². The second kappa shape index (κ2) is 10.2. The van der Waals surface area contributed by atoms with E-state index in [0.29, 0.717) is 17.8 Å². The first-order valence-corrected chi connectivity index (χ1v) is 12.2. The average Bonchev–Trinajstić information content (AvgIpc) is 3.29. The van der Waals surface area contributed by atoms with Crippen molar-refractivity contribution in [2.45, 2.75) is 56.4 Å². The molecule has 3 heterocycles. The molecule has 6 nitrogen and oxygen atoms in total. The number of ether oxygens (including phenoxy) is 1. The lowest BCUT2D eigenvalue weighted by Gasteiger charge is -2.20. The van der Waals surface area contributed by atoms with Crippen molar-refractivity contribution in [2.24, 2.45) is 10.7 Å². The molecule has 3 aliphatic rings. The highest BCUT2D eigenvalue weighted by atomic mass is 32.2. The predicted molar refractivity (Wildman–Crippen MR) is 123 cm³/mol. The van der Waals surface area contributed by atoms with Gasteiger partial charge < -0.3 is 15.4 Å². The number of thioether (sulfide) groups is 1. The fourth-order valence-corrected chi connectivity index (χ4v) is 6.05. The maximum absolute atomic E-state index is 11.2. The summed E-state index contributed by atoms with van der Waals surface area (Å²) in [5.74, 6) is 0.694. The summed E-state index contributed by atoms with van der Waals surface area (Å²) in [4.78, 5) is 20.9. The Morgan fingerprint density at radius 2 is 2.00 bits per heavy atom. The molecule has 0 saturated carbocycles. The Hall–Kier alpha value is -1.57. The minimum atomic E-state index is -0.244. The zero-order chi connectivity index (χ0) is 20.9. The Balaban J connectivity index is 1.24. The number of rotatable bonds is 8. The molecule has 1 aromatic rings. The zero-order valence-electron chi connectivity index (χ0n) is 18.0. The van der Waals surface area contributed by atoms with Crippen molar-refractivity contribution in [1.29, 1.82) is 0 Å². The van der Waals surface area contributed by atoms with E-state index in [-0.39, 0.29) is 5.91 Å². The lowest BCUT2D eigenvalue weighted by Crippen LogP contribution is -2.34. The van der Waals surface area contributed by atoms with Crippen LogP contribution in [-0.2, 0) is 4.79 Å². The van der Waals surface area contributed by atoms with Crippen LogP contribution in [0.15, 0.2) is 29.3 Å². The van der Waals surface area contributed by atoms with Crippen LogP contribution in [0.2, 0.25) is 0 Å². The topological polar surface area (TPSA) is 71.2 Å². The van der Waals surface area contributed by atoms with Crippen LogP contribution in [0.3, 0.4) is 0 Å². The summed E-state index contributed by atoms with van der Waals surface area (Å²) < 4.78 is 5.96. The van der Waals surface area contributed by atoms with E-state index in [0.717, 1.165) is 62.3 Å². The summed E-state index contributed by atoms with van der Waals surface area (Å²) >= 11 is 1.88. The molecule has 4 rings (SSSR count). The molecule has 0 radical (unpaired) electrons. The van der Waals surface area contributed by atoms with Gasteiger partial charge in [0.15, 0.2) is 0 Å². The number of benzene rings is 1. The second-order valence-corrected chi connectivity index (χ2v) is 9.96. The summed E-state index contributed by atoms with van der Waals surface area (Å²) in [6.07, 6.45) is 5.78. The predicted octanol–water partition coefficient (Wildman–Crippen LogP) is 2.75. The van der Waals surface area contributed by atoms with Crippen molar-refractivity contribution in [1.82, 2.24) is 9.80 Å². The number of primary amides is 1. The molecule has 2 saturated heterocycles. The SMILES string of the molecule is CC1CCCN1CCCOc1ccc(C2=NC3CCN(CC(N)=O)CCC3S2)cc1. The quantitative estimate of drug-likeness (QED) is 0.642. The molecular formula is C23H34N4O2S. The van der Waals surface area contributed by atoms with Gasteiger partial charge in [0.1, 0.15) is 5.75 Å². The van der Waals surface area contributed by atoms with E-state index >= 15 is 0 Å². The number of fused-ring (bicyclic) bond motifs is 1. The number of amides is 1. The van der Waals surface area contributed by atoms with Gasteiger partial charge in [-0.1, -0.05) is 0 Å². The number of hydrogen-bond donors (Lipinski definition) is 1. The van der Waals surface area contributed by atoms with Crippen molar-refractivity contribution < 1.29 is 9.53 Å². The molecule has 0 aliphatic carbocycles. The van der Waals surface area contributed by atoms with E-state index in [1.807, 2.05) is 11.8 Å². The molecule has 1 aromatic carbocycles. The number of nitrogens with zero attached hydrogens (tertiary/aromatic N) is 3. The standard InChI is InChI=1S/C23H34N4O2S/c1-17-4-2-11-27(17)12-3-15-29-19-7-5-18(6-8-19)23-25-20-9-13-26(16-22(24)28)14-10-21(20)30-23/h5-8,17,20-21H,2-4,9-16H2,1H3,(H2,24,28). The molecule has 0 aromatic heterocycles. The fraction of sp³-hybridized carbons (Fsp3) is 0.652. The zero-order valence-corrected chi connectivity index (χ0v) is 18.8. The van der Waals surface area contributed by atoms with Gasteiger partial charge in [0.25, 0.3) is 0 Å². The van der Waals surface area contributed by atoms with Gasteiger partial charge in [-0.25, -0.2) is 0 Å². The van der Waals surface area contributed by atoms with Crippen molar-refractivity contribution in [2.75, 3.05) is 39.3 Å². The first-order valence-electron chi connectivity index (χ1n) is 11.3. The molecule has 30 heavy (non-hydrogen) atoms. The maximum atomic E-state index is 11.2. The van der Waals surface area contributed by atoms with Crippen molar-refractivity contribution in [3.63, 3.8) is 0 Å². The Kier molecular flexibility index (Phi) is 7.33. The normalized spacial score (nSPS) is 27.5. The Labute approximate surface area is 184 Å². The van der Waals surface area contributed by atoms with Gasteiger partial charge in [-0.05, 0) is 76.4 Å². The first kappa shape index (κ1) is 21.7. The smallest absolute Gasteiger partial charge is 0.231 e. The van der Waals surface area contributed by atoms with Crippen molar-refractivity contribution in [3.05, 3.63) is 29.8 Å². The van der Waals surface area contributed by atoms with Crippen LogP contribution >= 0.6 is 11.8 Å². The molecule has 3 aliphatic heterocycles. The Morgan fingerprint density at radius 1 is 1.20 bits per heavy atom. The van der Waals surface area contributed by atoms with Crippen LogP contribution in [-0.4, -0.2) is 77.4 Å². The fourth-order valence-electron chi connectivity index (χ4n) is 4.72.